The average Bonchev–Trinajstić information content (AvgIpc) is 2.21. The highest BCUT2D eigenvalue weighted by Crippen LogP contribution is 2.05. The van der Waals surface area contributed by atoms with E-state index >= 15 is 0 Å². The van der Waals surface area contributed by atoms with Crippen LogP contribution in [0.25, 0.3) is 0 Å². The van der Waals surface area contributed by atoms with E-state index in [9.17, 15) is 0 Å². The van der Waals surface area contributed by atoms with E-state index in [-0.39, 0.29) is 6.10 Å². The lowest BCUT2D eigenvalue weighted by Crippen LogP contribution is -2.39. The molecule has 13 heavy (non-hydrogen) atoms. The largest absolute Gasteiger partial charge is 0.375 e. The first-order chi connectivity index (χ1) is 6.45. The Labute approximate surface area is 78.1 Å². The van der Waals surface area contributed by atoms with Gasteiger partial charge in [-0.2, -0.15) is 0 Å². The van der Waals surface area contributed by atoms with Crippen molar-refractivity contribution in [1.82, 2.24) is 10.3 Å². The van der Waals surface area contributed by atoms with Crippen LogP contribution in [-0.2, 0) is 11.2 Å². The van der Waals surface area contributed by atoms with Crippen LogP contribution in [0.1, 0.15) is 5.56 Å². The molecule has 1 fully saturated rings. The molecule has 1 aromatic heterocycles. The molecular weight excluding hydrogens is 164 g/mol. The highest BCUT2D eigenvalue weighted by atomic mass is 16.5. The number of aromatic nitrogens is 1. The van der Waals surface area contributed by atoms with Gasteiger partial charge in [0.15, 0.2) is 0 Å². The minimum atomic E-state index is 0.286. The summed E-state index contributed by atoms with van der Waals surface area (Å²) in [5, 5.41) is 3.30. The Kier molecular flexibility index (Phi) is 2.90. The molecule has 1 aliphatic rings. The number of hydrogen-bond acceptors (Lipinski definition) is 3. The lowest BCUT2D eigenvalue weighted by atomic mass is 10.1. The lowest BCUT2D eigenvalue weighted by molar-refractivity contribution is 0.0291. The van der Waals surface area contributed by atoms with E-state index in [2.05, 4.69) is 16.5 Å². The van der Waals surface area contributed by atoms with Crippen LogP contribution in [0.2, 0.25) is 0 Å². The highest BCUT2D eigenvalue weighted by molar-refractivity contribution is 5.08. The first kappa shape index (κ1) is 8.66. The topological polar surface area (TPSA) is 34.2 Å². The normalized spacial score (nSPS) is 22.9. The quantitative estimate of drug-likeness (QED) is 0.710. The summed E-state index contributed by atoms with van der Waals surface area (Å²) >= 11 is 0. The maximum atomic E-state index is 5.57. The fourth-order valence-corrected chi connectivity index (χ4v) is 1.47. The van der Waals surface area contributed by atoms with Crippen LogP contribution in [0, 0.1) is 6.20 Å². The number of morpholine rings is 1. The van der Waals surface area contributed by atoms with Crippen molar-refractivity contribution in [3.05, 3.63) is 30.1 Å². The van der Waals surface area contributed by atoms with Gasteiger partial charge >= 0.3 is 0 Å². The molecule has 0 bridgehead atoms. The lowest BCUT2D eigenvalue weighted by Gasteiger charge is -2.23. The van der Waals surface area contributed by atoms with E-state index < -0.39 is 0 Å². The maximum absolute atomic E-state index is 5.57. The number of nitrogens with one attached hydrogen (secondary N) is 1. The Bertz CT molecular complexity index is 244. The monoisotopic (exact) mass is 177 g/mol. The number of ether oxygens (including phenoxy) is 1. The average molecular weight is 177 g/mol. The predicted octanol–water partition coefficient (Wildman–Crippen LogP) is 0.413. The molecule has 1 aromatic rings. The number of nitrogens with zero attached hydrogens (tertiary/aromatic N) is 1. The van der Waals surface area contributed by atoms with Gasteiger partial charge in [-0.1, -0.05) is 6.07 Å². The second-order valence-electron chi connectivity index (χ2n) is 3.18. The third-order valence-corrected chi connectivity index (χ3v) is 2.12. The summed E-state index contributed by atoms with van der Waals surface area (Å²) in [6.45, 7) is 2.71. The van der Waals surface area contributed by atoms with Crippen molar-refractivity contribution in [2.75, 3.05) is 19.7 Å². The predicted molar refractivity (Wildman–Crippen MR) is 49.4 cm³/mol. The van der Waals surface area contributed by atoms with Gasteiger partial charge in [0, 0.05) is 25.7 Å². The van der Waals surface area contributed by atoms with Gasteiger partial charge in [0.2, 0.25) is 0 Å². The van der Waals surface area contributed by atoms with Gasteiger partial charge in [-0.25, -0.2) is 0 Å². The Balaban J connectivity index is 1.90. The molecule has 3 heteroatoms. The molecule has 0 aromatic carbocycles. The molecule has 0 amide bonds. The molecule has 0 spiro atoms. The molecule has 3 nitrogen and oxygen atoms in total. The van der Waals surface area contributed by atoms with Crippen LogP contribution in [0.5, 0.6) is 0 Å². The van der Waals surface area contributed by atoms with Crippen LogP contribution in [0.4, 0.5) is 0 Å². The summed E-state index contributed by atoms with van der Waals surface area (Å²) in [7, 11) is 0. The van der Waals surface area contributed by atoms with E-state index in [1.165, 1.54) is 0 Å². The zero-order valence-corrected chi connectivity index (χ0v) is 7.49. The van der Waals surface area contributed by atoms with Crippen molar-refractivity contribution < 1.29 is 4.74 Å². The molecule has 0 saturated carbocycles. The Morgan fingerprint density at radius 1 is 1.69 bits per heavy atom. The van der Waals surface area contributed by atoms with Gasteiger partial charge in [-0.3, -0.25) is 4.98 Å². The molecule has 1 aliphatic heterocycles. The fraction of sp³-hybridized carbons (Fsp3) is 0.500. The first-order valence-electron chi connectivity index (χ1n) is 4.59. The molecule has 2 rings (SSSR count). The van der Waals surface area contributed by atoms with E-state index in [0.717, 1.165) is 31.7 Å². The van der Waals surface area contributed by atoms with Crippen LogP contribution >= 0.6 is 0 Å². The van der Waals surface area contributed by atoms with E-state index in [4.69, 9.17) is 4.74 Å². The summed E-state index contributed by atoms with van der Waals surface area (Å²) in [6.07, 6.45) is 5.89. The third-order valence-electron chi connectivity index (χ3n) is 2.12. The van der Waals surface area contributed by atoms with Crippen molar-refractivity contribution >= 4 is 0 Å². The molecular formula is C10H13N2O. The minimum Gasteiger partial charge on any atom is -0.375 e. The van der Waals surface area contributed by atoms with Crippen molar-refractivity contribution in [2.24, 2.45) is 0 Å². The fourth-order valence-electron chi connectivity index (χ4n) is 1.47. The van der Waals surface area contributed by atoms with Gasteiger partial charge < -0.3 is 10.1 Å². The molecule has 1 atom stereocenters. The second kappa shape index (κ2) is 4.35. The molecule has 1 saturated heterocycles. The van der Waals surface area contributed by atoms with Gasteiger partial charge in [0.05, 0.1) is 18.9 Å². The second-order valence-corrected chi connectivity index (χ2v) is 3.18. The number of pyridine rings is 1. The summed E-state index contributed by atoms with van der Waals surface area (Å²) in [5.41, 5.74) is 1.12. The number of rotatable bonds is 2. The Morgan fingerprint density at radius 3 is 3.38 bits per heavy atom. The standard InChI is InChI=1S/C10H13N2O/c1-2-9(7-11-3-1)6-10-8-12-4-5-13-10/h1-3,10,12H,4-6,8H2. The summed E-state index contributed by atoms with van der Waals surface area (Å²) in [5.74, 6) is 0. The van der Waals surface area contributed by atoms with Gasteiger partial charge in [-0.05, 0) is 11.6 Å². The molecule has 1 radical (unpaired) electrons. The third kappa shape index (κ3) is 2.50. The molecule has 1 N–H and O–H groups in total. The number of hydrogen-bond donors (Lipinski definition) is 1. The first-order valence-corrected chi connectivity index (χ1v) is 4.59. The maximum Gasteiger partial charge on any atom is 0.0921 e. The van der Waals surface area contributed by atoms with E-state index in [1.807, 2.05) is 12.1 Å². The van der Waals surface area contributed by atoms with Gasteiger partial charge in [-0.15, -0.1) is 0 Å². The van der Waals surface area contributed by atoms with Crippen molar-refractivity contribution in [3.63, 3.8) is 0 Å². The Morgan fingerprint density at radius 2 is 2.69 bits per heavy atom. The van der Waals surface area contributed by atoms with Crippen molar-refractivity contribution in [3.8, 4) is 0 Å². The van der Waals surface area contributed by atoms with Gasteiger partial charge in [0.1, 0.15) is 0 Å². The van der Waals surface area contributed by atoms with Gasteiger partial charge in [0.25, 0.3) is 0 Å². The molecule has 69 valence electrons. The molecule has 1 unspecified atom stereocenters. The Hall–Kier alpha value is -0.930. The zero-order valence-electron chi connectivity index (χ0n) is 7.49. The van der Waals surface area contributed by atoms with Crippen molar-refractivity contribution in [2.45, 2.75) is 12.5 Å². The van der Waals surface area contributed by atoms with Crippen molar-refractivity contribution in [1.29, 1.82) is 0 Å². The van der Waals surface area contributed by atoms with Crippen LogP contribution in [0.3, 0.4) is 0 Å². The zero-order chi connectivity index (χ0) is 8.93. The smallest absolute Gasteiger partial charge is 0.0921 e. The van der Waals surface area contributed by atoms with E-state index in [1.54, 1.807) is 6.20 Å². The van der Waals surface area contributed by atoms with Crippen LogP contribution < -0.4 is 5.32 Å². The summed E-state index contributed by atoms with van der Waals surface area (Å²) in [6, 6.07) is 3.97. The summed E-state index contributed by atoms with van der Waals surface area (Å²) in [4.78, 5) is 3.95. The van der Waals surface area contributed by atoms with Crippen LogP contribution in [0.15, 0.2) is 18.3 Å². The SMILES string of the molecule is [c]1ncccc1CC1CNCCO1. The summed E-state index contributed by atoms with van der Waals surface area (Å²) < 4.78 is 5.57. The molecule has 0 aliphatic carbocycles. The van der Waals surface area contributed by atoms with E-state index in [0.29, 0.717) is 0 Å². The molecule has 2 heterocycles. The highest BCUT2D eigenvalue weighted by Gasteiger charge is 2.13. The van der Waals surface area contributed by atoms with Crippen LogP contribution in [-0.4, -0.2) is 30.8 Å². The minimum absolute atomic E-state index is 0.286.